The highest BCUT2D eigenvalue weighted by Crippen LogP contribution is 2.51. The van der Waals surface area contributed by atoms with Gasteiger partial charge in [-0.05, 0) is 49.4 Å². The fourth-order valence-electron chi connectivity index (χ4n) is 5.76. The number of rotatable bonds is 14. The minimum Gasteiger partial charge on any atom is -0.275 e. The first-order valence-corrected chi connectivity index (χ1v) is 11.9. The second-order valence-electron chi connectivity index (χ2n) is 9.20. The third kappa shape index (κ3) is 5.58. The minimum atomic E-state index is -0.146. The molecule has 0 N–H and O–H groups in total. The van der Waals surface area contributed by atoms with Crippen molar-refractivity contribution in [2.24, 2.45) is 23.7 Å². The number of imide groups is 1. The van der Waals surface area contributed by atoms with Crippen LogP contribution in [0.5, 0.6) is 0 Å². The van der Waals surface area contributed by atoms with Crippen LogP contribution in [0, 0.1) is 23.7 Å². The van der Waals surface area contributed by atoms with Crippen molar-refractivity contribution in [3.8, 4) is 0 Å². The number of hydrogen-bond acceptors (Lipinski definition) is 2. The SMILES string of the molecule is CCCC1C2C=CC(C2)C1CCCCCCCCCCCN1C(=O)C=CC1=O. The molecule has 28 heavy (non-hydrogen) atoms. The molecule has 0 saturated heterocycles. The standard InChI is InChI=1S/C25H39NO2/c1-2-12-22-20-14-15-21(19-20)23(22)13-10-8-6-4-3-5-7-9-11-18-26-24(27)16-17-25(26)28/h14-17,20-23H,2-13,18-19H2,1H3. The average Bonchev–Trinajstić information content (AvgIpc) is 3.37. The van der Waals surface area contributed by atoms with Gasteiger partial charge < -0.3 is 0 Å². The van der Waals surface area contributed by atoms with Crippen LogP contribution in [-0.2, 0) is 9.59 Å². The summed E-state index contributed by atoms with van der Waals surface area (Å²) in [5.74, 6) is 3.50. The van der Waals surface area contributed by atoms with Gasteiger partial charge in [-0.25, -0.2) is 0 Å². The molecule has 3 rings (SSSR count). The van der Waals surface area contributed by atoms with Crippen molar-refractivity contribution in [1.29, 1.82) is 0 Å². The fraction of sp³-hybridized carbons (Fsp3) is 0.760. The van der Waals surface area contributed by atoms with Crippen LogP contribution in [0.1, 0.15) is 90.4 Å². The van der Waals surface area contributed by atoms with Gasteiger partial charge in [-0.1, -0.05) is 76.9 Å². The van der Waals surface area contributed by atoms with Gasteiger partial charge in [0.25, 0.3) is 11.8 Å². The van der Waals surface area contributed by atoms with Crippen molar-refractivity contribution in [3.63, 3.8) is 0 Å². The van der Waals surface area contributed by atoms with Gasteiger partial charge in [0.05, 0.1) is 0 Å². The molecule has 2 aliphatic carbocycles. The molecule has 0 aromatic carbocycles. The average molecular weight is 386 g/mol. The molecule has 3 nitrogen and oxygen atoms in total. The van der Waals surface area contributed by atoms with E-state index in [4.69, 9.17) is 0 Å². The Kier molecular flexibility index (Phi) is 8.36. The number of unbranched alkanes of at least 4 members (excludes halogenated alkanes) is 8. The highest BCUT2D eigenvalue weighted by molar-refractivity contribution is 6.12. The molecule has 1 fully saturated rings. The number of allylic oxidation sites excluding steroid dienone is 2. The number of fused-ring (bicyclic) bond motifs is 2. The van der Waals surface area contributed by atoms with Crippen LogP contribution in [0.15, 0.2) is 24.3 Å². The first-order chi connectivity index (χ1) is 13.7. The highest BCUT2D eigenvalue weighted by Gasteiger charge is 2.42. The van der Waals surface area contributed by atoms with Gasteiger partial charge in [-0.3, -0.25) is 14.5 Å². The maximum absolute atomic E-state index is 11.5. The molecule has 0 aromatic heterocycles. The van der Waals surface area contributed by atoms with Crippen LogP contribution < -0.4 is 0 Å². The van der Waals surface area contributed by atoms with E-state index in [1.54, 1.807) is 0 Å². The number of hydrogen-bond donors (Lipinski definition) is 0. The number of amides is 2. The van der Waals surface area contributed by atoms with Gasteiger partial charge in [0, 0.05) is 18.7 Å². The Bertz CT molecular complexity index is 561. The molecule has 2 amide bonds. The van der Waals surface area contributed by atoms with Crippen molar-refractivity contribution >= 4 is 11.8 Å². The Morgan fingerprint density at radius 3 is 1.82 bits per heavy atom. The Hall–Kier alpha value is -1.38. The fourth-order valence-corrected chi connectivity index (χ4v) is 5.76. The lowest BCUT2D eigenvalue weighted by Gasteiger charge is -2.28. The van der Waals surface area contributed by atoms with E-state index in [0.717, 1.165) is 36.5 Å². The van der Waals surface area contributed by atoms with E-state index in [1.165, 1.54) is 87.7 Å². The summed E-state index contributed by atoms with van der Waals surface area (Å²) < 4.78 is 0. The van der Waals surface area contributed by atoms with Crippen LogP contribution in [0.2, 0.25) is 0 Å². The first-order valence-electron chi connectivity index (χ1n) is 11.9. The van der Waals surface area contributed by atoms with Gasteiger partial charge in [-0.15, -0.1) is 0 Å². The molecule has 0 spiro atoms. The lowest BCUT2D eigenvalue weighted by molar-refractivity contribution is -0.136. The summed E-state index contributed by atoms with van der Waals surface area (Å²) in [6, 6.07) is 0. The smallest absolute Gasteiger partial charge is 0.253 e. The van der Waals surface area contributed by atoms with Gasteiger partial charge in [0.15, 0.2) is 0 Å². The Morgan fingerprint density at radius 2 is 1.25 bits per heavy atom. The molecule has 4 atom stereocenters. The Labute approximate surface area is 171 Å². The van der Waals surface area contributed by atoms with E-state index >= 15 is 0 Å². The largest absolute Gasteiger partial charge is 0.275 e. The zero-order chi connectivity index (χ0) is 19.8. The summed E-state index contributed by atoms with van der Waals surface area (Å²) in [7, 11) is 0. The Morgan fingerprint density at radius 1 is 0.750 bits per heavy atom. The molecule has 0 aromatic rings. The topological polar surface area (TPSA) is 37.4 Å². The summed E-state index contributed by atoms with van der Waals surface area (Å²) in [5.41, 5.74) is 0. The molecule has 2 bridgehead atoms. The highest BCUT2D eigenvalue weighted by atomic mass is 16.2. The molecule has 3 aliphatic rings. The van der Waals surface area contributed by atoms with Crippen LogP contribution in [-0.4, -0.2) is 23.3 Å². The van der Waals surface area contributed by atoms with Gasteiger partial charge in [0.2, 0.25) is 0 Å². The zero-order valence-electron chi connectivity index (χ0n) is 17.8. The second-order valence-corrected chi connectivity index (χ2v) is 9.20. The lowest BCUT2D eigenvalue weighted by Crippen LogP contribution is -2.30. The van der Waals surface area contributed by atoms with E-state index in [2.05, 4.69) is 19.1 Å². The summed E-state index contributed by atoms with van der Waals surface area (Å²) >= 11 is 0. The Balaban J connectivity index is 1.14. The van der Waals surface area contributed by atoms with E-state index in [0.29, 0.717) is 6.54 Å². The van der Waals surface area contributed by atoms with Gasteiger partial charge in [0.1, 0.15) is 0 Å². The molecule has 1 saturated carbocycles. The molecule has 4 unspecified atom stereocenters. The molecule has 1 heterocycles. The predicted octanol–water partition coefficient (Wildman–Crippen LogP) is 6.05. The summed E-state index contributed by atoms with van der Waals surface area (Å²) in [6.45, 7) is 2.93. The van der Waals surface area contributed by atoms with Gasteiger partial charge in [-0.2, -0.15) is 0 Å². The minimum absolute atomic E-state index is 0.146. The van der Waals surface area contributed by atoms with Crippen molar-refractivity contribution in [3.05, 3.63) is 24.3 Å². The third-order valence-corrected chi connectivity index (χ3v) is 7.24. The van der Waals surface area contributed by atoms with Crippen molar-refractivity contribution in [2.75, 3.05) is 6.54 Å². The molecule has 156 valence electrons. The zero-order valence-corrected chi connectivity index (χ0v) is 17.8. The molecule has 0 radical (unpaired) electrons. The number of carbonyl (C=O) groups is 2. The summed E-state index contributed by atoms with van der Waals surface area (Å²) in [4.78, 5) is 24.3. The lowest BCUT2D eigenvalue weighted by atomic mass is 9.77. The number of carbonyl (C=O) groups excluding carboxylic acids is 2. The maximum Gasteiger partial charge on any atom is 0.253 e. The molecular formula is C25H39NO2. The van der Waals surface area contributed by atoms with Crippen LogP contribution in [0.4, 0.5) is 0 Å². The quantitative estimate of drug-likeness (QED) is 0.207. The van der Waals surface area contributed by atoms with E-state index in [-0.39, 0.29) is 11.8 Å². The molecule has 3 heteroatoms. The predicted molar refractivity (Wildman–Crippen MR) is 115 cm³/mol. The van der Waals surface area contributed by atoms with Crippen LogP contribution >= 0.6 is 0 Å². The maximum atomic E-state index is 11.5. The summed E-state index contributed by atoms with van der Waals surface area (Å²) in [5, 5.41) is 0. The second kappa shape index (κ2) is 11.0. The molecular weight excluding hydrogens is 346 g/mol. The van der Waals surface area contributed by atoms with Crippen molar-refractivity contribution < 1.29 is 9.59 Å². The van der Waals surface area contributed by atoms with Crippen molar-refractivity contribution in [1.82, 2.24) is 4.90 Å². The first kappa shape index (κ1) is 21.3. The third-order valence-electron chi connectivity index (χ3n) is 7.24. The number of nitrogens with zero attached hydrogens (tertiary/aromatic N) is 1. The van der Waals surface area contributed by atoms with Crippen molar-refractivity contribution in [2.45, 2.75) is 90.4 Å². The van der Waals surface area contributed by atoms with Gasteiger partial charge >= 0.3 is 0 Å². The van der Waals surface area contributed by atoms with E-state index in [1.807, 2.05) is 0 Å². The van der Waals surface area contributed by atoms with Crippen LogP contribution in [0.3, 0.4) is 0 Å². The van der Waals surface area contributed by atoms with E-state index < -0.39 is 0 Å². The monoisotopic (exact) mass is 385 g/mol. The van der Waals surface area contributed by atoms with Crippen LogP contribution in [0.25, 0.3) is 0 Å². The normalized spacial score (nSPS) is 28.2. The van der Waals surface area contributed by atoms with E-state index in [9.17, 15) is 9.59 Å². The summed E-state index contributed by atoms with van der Waals surface area (Å²) in [6.07, 6.45) is 25.0. The molecule has 1 aliphatic heterocycles.